The van der Waals surface area contributed by atoms with Crippen molar-refractivity contribution in [3.63, 3.8) is 0 Å². The summed E-state index contributed by atoms with van der Waals surface area (Å²) in [7, 11) is 0. The van der Waals surface area contributed by atoms with E-state index in [4.69, 9.17) is 0 Å². The third kappa shape index (κ3) is 5.86. The predicted molar refractivity (Wildman–Crippen MR) is 276 cm³/mol. The monoisotopic (exact) mass is 847 g/mol. The molecule has 3 aromatic heterocycles. The Morgan fingerprint density at radius 1 is 0.439 bits per heavy atom. The fourth-order valence-electron chi connectivity index (χ4n) is 11.2. The van der Waals surface area contributed by atoms with Gasteiger partial charge in [0.15, 0.2) is 0 Å². The standard InChI is InChI=1S/C61H45N5/c1-38-30-44(64-56-16-8-4-12-50(56)51-13-5-9-17-57(51)64)20-23-47(38)41-33-42(48-24-21-45(31-39(48)2)65-58-18-10-6-14-52(58)54-36-62-28-26-60(54)65)35-43(34-41)49-25-22-46(32-40(49)3)66-59-19-11-7-15-53(59)55-37-63-29-27-61(55)66/h4-37,54,60H,1-3H3. The van der Waals surface area contributed by atoms with Gasteiger partial charge in [-0.3, -0.25) is 9.98 Å². The molecule has 314 valence electrons. The van der Waals surface area contributed by atoms with Gasteiger partial charge in [-0.2, -0.15) is 0 Å². The number of anilines is 2. The first-order valence-electron chi connectivity index (χ1n) is 22.9. The Morgan fingerprint density at radius 2 is 0.909 bits per heavy atom. The fraction of sp³-hybridized carbons (Fsp3) is 0.0820. The first-order chi connectivity index (χ1) is 32.5. The summed E-state index contributed by atoms with van der Waals surface area (Å²) in [6.45, 7) is 6.76. The van der Waals surface area contributed by atoms with Gasteiger partial charge in [-0.25, -0.2) is 0 Å². The average Bonchev–Trinajstić information content (AvgIpc) is 4.00. The quantitative estimate of drug-likeness (QED) is 0.167. The highest BCUT2D eigenvalue weighted by molar-refractivity contribution is 6.10. The Labute approximate surface area is 383 Å². The maximum absolute atomic E-state index is 4.54. The lowest BCUT2D eigenvalue weighted by atomic mass is 9.89. The van der Waals surface area contributed by atoms with E-state index in [0.29, 0.717) is 0 Å². The molecule has 0 spiro atoms. The molecule has 2 atom stereocenters. The number of fused-ring (bicyclic) bond motifs is 9. The van der Waals surface area contributed by atoms with Crippen molar-refractivity contribution < 1.29 is 0 Å². The first kappa shape index (κ1) is 38.2. The SMILES string of the molecule is Cc1cc(N2c3ccccc3C3C=NC=CC32)ccc1-c1cc(-c2ccc(-n3c4ccccc4c4ccccc43)cc2C)cc(-c2ccc(-n3c4ccccc4c4cnccc43)cc2C)c1. The van der Waals surface area contributed by atoms with Crippen LogP contribution in [0.5, 0.6) is 0 Å². The van der Waals surface area contributed by atoms with Crippen molar-refractivity contribution >= 4 is 61.2 Å². The van der Waals surface area contributed by atoms with Crippen LogP contribution in [0.15, 0.2) is 206 Å². The number of benzene rings is 8. The second-order valence-corrected chi connectivity index (χ2v) is 18.0. The van der Waals surface area contributed by atoms with Gasteiger partial charge in [0.2, 0.25) is 0 Å². The number of hydrogen-bond acceptors (Lipinski definition) is 3. The molecule has 0 saturated heterocycles. The largest absolute Gasteiger partial charge is 0.333 e. The predicted octanol–water partition coefficient (Wildman–Crippen LogP) is 15.4. The van der Waals surface area contributed by atoms with E-state index in [2.05, 4.69) is 233 Å². The van der Waals surface area contributed by atoms with Crippen LogP contribution < -0.4 is 4.90 Å². The summed E-state index contributed by atoms with van der Waals surface area (Å²) in [6, 6.07) is 65.3. The van der Waals surface area contributed by atoms with E-state index in [1.807, 2.05) is 18.6 Å². The lowest BCUT2D eigenvalue weighted by Crippen LogP contribution is -2.30. The van der Waals surface area contributed by atoms with Gasteiger partial charge >= 0.3 is 0 Å². The summed E-state index contributed by atoms with van der Waals surface area (Å²) in [6.07, 6.45) is 10.2. The molecule has 0 N–H and O–H groups in total. The highest BCUT2D eigenvalue weighted by Crippen LogP contribution is 2.47. The summed E-state index contributed by atoms with van der Waals surface area (Å²) in [5.41, 5.74) is 21.7. The lowest BCUT2D eigenvalue weighted by molar-refractivity contribution is 0.779. The van der Waals surface area contributed by atoms with Crippen LogP contribution in [0.1, 0.15) is 28.2 Å². The minimum Gasteiger partial charge on any atom is -0.333 e. The fourth-order valence-corrected chi connectivity index (χ4v) is 11.2. The van der Waals surface area contributed by atoms with Crippen LogP contribution in [0.2, 0.25) is 0 Å². The molecule has 2 aliphatic rings. The number of nitrogens with zero attached hydrogens (tertiary/aromatic N) is 5. The third-order valence-electron chi connectivity index (χ3n) is 14.2. The van der Waals surface area contributed by atoms with Crippen molar-refractivity contribution in [3.05, 3.63) is 223 Å². The average molecular weight is 848 g/mol. The normalized spacial score (nSPS) is 15.3. The van der Waals surface area contributed by atoms with Crippen molar-refractivity contribution in [3.8, 4) is 44.8 Å². The number of aromatic nitrogens is 3. The number of pyridine rings is 1. The second-order valence-electron chi connectivity index (χ2n) is 18.0. The van der Waals surface area contributed by atoms with Gasteiger partial charge in [0.25, 0.3) is 0 Å². The number of para-hydroxylation sites is 4. The Morgan fingerprint density at radius 3 is 1.47 bits per heavy atom. The van der Waals surface area contributed by atoms with Gasteiger partial charge in [0, 0.05) is 75.0 Å². The molecule has 13 rings (SSSR count). The maximum atomic E-state index is 4.54. The molecule has 2 unspecified atom stereocenters. The maximum Gasteiger partial charge on any atom is 0.0659 e. The van der Waals surface area contributed by atoms with Crippen LogP contribution in [0.25, 0.3) is 88.4 Å². The molecule has 8 aromatic carbocycles. The highest BCUT2D eigenvalue weighted by atomic mass is 15.2. The van der Waals surface area contributed by atoms with E-state index >= 15 is 0 Å². The zero-order valence-electron chi connectivity index (χ0n) is 37.0. The molecule has 5 heterocycles. The van der Waals surface area contributed by atoms with E-state index in [0.717, 1.165) is 22.3 Å². The van der Waals surface area contributed by atoms with Gasteiger partial charge in [-0.1, -0.05) is 91.0 Å². The molecule has 0 amide bonds. The number of hydrogen-bond donors (Lipinski definition) is 0. The van der Waals surface area contributed by atoms with Crippen LogP contribution in [0, 0.1) is 20.8 Å². The minimum atomic E-state index is 0.193. The van der Waals surface area contributed by atoms with Crippen molar-refractivity contribution in [1.82, 2.24) is 14.1 Å². The highest BCUT2D eigenvalue weighted by Gasteiger charge is 2.38. The van der Waals surface area contributed by atoms with Crippen LogP contribution in [0.3, 0.4) is 0 Å². The summed E-state index contributed by atoms with van der Waals surface area (Å²) < 4.78 is 4.78. The molecule has 5 heteroatoms. The van der Waals surface area contributed by atoms with E-state index in [9.17, 15) is 0 Å². The molecule has 0 radical (unpaired) electrons. The molecule has 0 bridgehead atoms. The summed E-state index contributed by atoms with van der Waals surface area (Å²) >= 11 is 0. The van der Waals surface area contributed by atoms with Crippen LogP contribution in [-0.4, -0.2) is 26.4 Å². The molecule has 11 aromatic rings. The molecule has 2 aliphatic heterocycles. The van der Waals surface area contributed by atoms with E-state index in [1.165, 1.54) is 99.7 Å². The lowest BCUT2D eigenvalue weighted by Gasteiger charge is -2.29. The molecule has 5 nitrogen and oxygen atoms in total. The number of aryl methyl sites for hydroxylation is 3. The molecule has 0 fully saturated rings. The van der Waals surface area contributed by atoms with E-state index in [-0.39, 0.29) is 12.0 Å². The Kier molecular flexibility index (Phi) is 8.62. The summed E-state index contributed by atoms with van der Waals surface area (Å²) in [5.74, 6) is 0.233. The van der Waals surface area contributed by atoms with Crippen LogP contribution >= 0.6 is 0 Å². The van der Waals surface area contributed by atoms with Crippen molar-refractivity contribution in [2.45, 2.75) is 32.7 Å². The van der Waals surface area contributed by atoms with Gasteiger partial charge < -0.3 is 14.0 Å². The van der Waals surface area contributed by atoms with Gasteiger partial charge in [-0.05, 0) is 167 Å². The summed E-state index contributed by atoms with van der Waals surface area (Å²) in [5, 5.41) is 4.90. The minimum absolute atomic E-state index is 0.193. The molecular formula is C61H45N5. The molecular weight excluding hydrogens is 803 g/mol. The van der Waals surface area contributed by atoms with E-state index < -0.39 is 0 Å². The Bertz CT molecular complexity index is 3550. The van der Waals surface area contributed by atoms with Crippen molar-refractivity contribution in [1.29, 1.82) is 0 Å². The van der Waals surface area contributed by atoms with Crippen molar-refractivity contribution in [2.24, 2.45) is 4.99 Å². The smallest absolute Gasteiger partial charge is 0.0659 e. The zero-order chi connectivity index (χ0) is 44.0. The number of aliphatic imine (C=N–C) groups is 1. The molecule has 66 heavy (non-hydrogen) atoms. The Hall–Kier alpha value is -8.28. The second kappa shape index (κ2) is 14.9. The first-order valence-corrected chi connectivity index (χ1v) is 22.9. The van der Waals surface area contributed by atoms with Gasteiger partial charge in [-0.15, -0.1) is 0 Å². The van der Waals surface area contributed by atoms with E-state index in [1.54, 1.807) is 0 Å². The van der Waals surface area contributed by atoms with Gasteiger partial charge in [0.05, 0.1) is 28.1 Å². The Balaban J connectivity index is 0.954. The number of rotatable bonds is 6. The van der Waals surface area contributed by atoms with Gasteiger partial charge in [0.1, 0.15) is 0 Å². The van der Waals surface area contributed by atoms with Crippen LogP contribution in [-0.2, 0) is 0 Å². The third-order valence-corrected chi connectivity index (χ3v) is 14.2. The van der Waals surface area contributed by atoms with Crippen molar-refractivity contribution in [2.75, 3.05) is 4.90 Å². The topological polar surface area (TPSA) is 38.4 Å². The summed E-state index contributed by atoms with van der Waals surface area (Å²) in [4.78, 5) is 11.5. The molecule has 0 saturated carbocycles. The van der Waals surface area contributed by atoms with Crippen LogP contribution in [0.4, 0.5) is 11.4 Å². The molecule has 0 aliphatic carbocycles. The zero-order valence-corrected chi connectivity index (χ0v) is 37.0.